The second-order valence-electron chi connectivity index (χ2n) is 7.32. The second kappa shape index (κ2) is 8.89. The number of ether oxygens (including phenoxy) is 1. The maximum Gasteiger partial charge on any atom is 0.307 e. The third-order valence-corrected chi connectivity index (χ3v) is 5.75. The van der Waals surface area contributed by atoms with Gasteiger partial charge in [0.15, 0.2) is 5.69 Å². The minimum Gasteiger partial charge on any atom is -0.469 e. The number of esters is 1. The first-order chi connectivity index (χ1) is 15.0. The van der Waals surface area contributed by atoms with E-state index in [2.05, 4.69) is 10.4 Å². The molecule has 0 spiro atoms. The number of hydrogen-bond donors (Lipinski definition) is 1. The van der Waals surface area contributed by atoms with Crippen LogP contribution >= 0.6 is 11.6 Å². The summed E-state index contributed by atoms with van der Waals surface area (Å²) in [6.45, 7) is 0. The van der Waals surface area contributed by atoms with E-state index in [1.807, 2.05) is 0 Å². The van der Waals surface area contributed by atoms with Gasteiger partial charge in [-0.3, -0.25) is 9.59 Å². The summed E-state index contributed by atoms with van der Waals surface area (Å²) >= 11 is 6.31. The maximum atomic E-state index is 14.4. The van der Waals surface area contributed by atoms with Crippen molar-refractivity contribution in [2.24, 2.45) is 0 Å². The van der Waals surface area contributed by atoms with Gasteiger partial charge in [-0.05, 0) is 43.0 Å². The van der Waals surface area contributed by atoms with Crippen LogP contribution in [0.1, 0.15) is 46.2 Å². The monoisotopic (exact) mass is 441 g/mol. The van der Waals surface area contributed by atoms with E-state index in [4.69, 9.17) is 16.3 Å². The number of halogens is 2. The first-order valence-electron chi connectivity index (χ1n) is 9.97. The van der Waals surface area contributed by atoms with Crippen LogP contribution in [-0.2, 0) is 22.4 Å². The summed E-state index contributed by atoms with van der Waals surface area (Å²) in [6, 6.07) is 12.6. The third-order valence-electron chi connectivity index (χ3n) is 5.41. The number of aromatic nitrogens is 2. The van der Waals surface area contributed by atoms with Crippen LogP contribution in [0.4, 0.5) is 4.39 Å². The Morgan fingerprint density at radius 1 is 1.19 bits per heavy atom. The number of hydrogen-bond acceptors (Lipinski definition) is 4. The van der Waals surface area contributed by atoms with Gasteiger partial charge in [0.1, 0.15) is 11.5 Å². The van der Waals surface area contributed by atoms with E-state index in [-0.39, 0.29) is 12.1 Å². The van der Waals surface area contributed by atoms with E-state index in [0.29, 0.717) is 29.1 Å². The van der Waals surface area contributed by atoms with E-state index in [0.717, 1.165) is 17.7 Å². The van der Waals surface area contributed by atoms with Gasteiger partial charge in [0.05, 0.1) is 19.6 Å². The largest absolute Gasteiger partial charge is 0.469 e. The Morgan fingerprint density at radius 3 is 2.68 bits per heavy atom. The fourth-order valence-corrected chi connectivity index (χ4v) is 4.18. The highest BCUT2D eigenvalue weighted by atomic mass is 35.5. The molecule has 160 valence electrons. The highest BCUT2D eigenvalue weighted by molar-refractivity contribution is 6.31. The van der Waals surface area contributed by atoms with Crippen LogP contribution in [0.25, 0.3) is 5.69 Å². The number of fused-ring (bicyclic) bond motifs is 1. The molecule has 0 radical (unpaired) electrons. The molecule has 3 aromatic rings. The predicted octanol–water partition coefficient (Wildman–Crippen LogP) is 4.19. The lowest BCUT2D eigenvalue weighted by Gasteiger charge is -2.19. The van der Waals surface area contributed by atoms with E-state index >= 15 is 0 Å². The molecule has 0 bridgehead atoms. The van der Waals surface area contributed by atoms with Crippen LogP contribution in [0.15, 0.2) is 48.5 Å². The van der Waals surface area contributed by atoms with Crippen molar-refractivity contribution in [3.05, 3.63) is 81.9 Å². The first-order valence-corrected chi connectivity index (χ1v) is 10.3. The predicted molar refractivity (Wildman–Crippen MR) is 114 cm³/mol. The highest BCUT2D eigenvalue weighted by Gasteiger charge is 2.30. The number of nitrogens with one attached hydrogen (secondary N) is 1. The number of amides is 1. The summed E-state index contributed by atoms with van der Waals surface area (Å²) in [5.41, 5.74) is 2.77. The number of para-hydroxylation sites is 1. The Bertz CT molecular complexity index is 1140. The summed E-state index contributed by atoms with van der Waals surface area (Å²) < 4.78 is 20.7. The molecule has 2 aromatic carbocycles. The quantitative estimate of drug-likeness (QED) is 0.582. The molecule has 1 aromatic heterocycles. The summed E-state index contributed by atoms with van der Waals surface area (Å²) in [6.07, 6.45) is 2.17. The van der Waals surface area contributed by atoms with Gasteiger partial charge in [0, 0.05) is 16.3 Å². The van der Waals surface area contributed by atoms with Gasteiger partial charge in [-0.1, -0.05) is 41.9 Å². The van der Waals surface area contributed by atoms with Gasteiger partial charge in [-0.2, -0.15) is 5.10 Å². The highest BCUT2D eigenvalue weighted by Crippen LogP contribution is 2.30. The number of carbonyl (C=O) groups is 2. The Kier molecular flexibility index (Phi) is 6.04. The van der Waals surface area contributed by atoms with Gasteiger partial charge >= 0.3 is 5.97 Å². The van der Waals surface area contributed by atoms with Gasteiger partial charge in [-0.25, -0.2) is 9.07 Å². The zero-order valence-corrected chi connectivity index (χ0v) is 17.7. The zero-order chi connectivity index (χ0) is 22.0. The average molecular weight is 442 g/mol. The van der Waals surface area contributed by atoms with Crippen molar-refractivity contribution in [2.45, 2.75) is 31.7 Å². The Hall–Kier alpha value is -3.19. The lowest BCUT2D eigenvalue weighted by atomic mass is 10.0. The van der Waals surface area contributed by atoms with Crippen molar-refractivity contribution in [2.75, 3.05) is 7.11 Å². The van der Waals surface area contributed by atoms with Crippen LogP contribution in [0.2, 0.25) is 5.02 Å². The molecular weight excluding hydrogens is 421 g/mol. The summed E-state index contributed by atoms with van der Waals surface area (Å²) in [5, 5.41) is 7.75. The summed E-state index contributed by atoms with van der Waals surface area (Å²) in [4.78, 5) is 25.2. The number of rotatable bonds is 6. The minimum absolute atomic E-state index is 0.0812. The molecule has 0 fully saturated rings. The van der Waals surface area contributed by atoms with Crippen molar-refractivity contribution in [3.63, 3.8) is 0 Å². The molecule has 8 heteroatoms. The zero-order valence-electron chi connectivity index (χ0n) is 16.9. The SMILES string of the molecule is COC(=O)CC(NC(=O)c1nn(-c2ccccc2F)c2c1CCC2)c1ccccc1Cl. The molecule has 4 rings (SSSR count). The molecule has 0 aliphatic heterocycles. The fraction of sp³-hybridized carbons (Fsp3) is 0.261. The van der Waals surface area contributed by atoms with Crippen molar-refractivity contribution < 1.29 is 18.7 Å². The third kappa shape index (κ3) is 4.18. The van der Waals surface area contributed by atoms with Gasteiger partial charge in [0.2, 0.25) is 0 Å². The van der Waals surface area contributed by atoms with Gasteiger partial charge in [-0.15, -0.1) is 0 Å². The van der Waals surface area contributed by atoms with Crippen molar-refractivity contribution in [1.29, 1.82) is 0 Å². The molecule has 1 unspecified atom stereocenters. The summed E-state index contributed by atoms with van der Waals surface area (Å²) in [7, 11) is 1.29. The minimum atomic E-state index is -0.690. The van der Waals surface area contributed by atoms with E-state index < -0.39 is 23.7 Å². The molecule has 1 aliphatic rings. The molecule has 1 heterocycles. The molecule has 1 amide bonds. The van der Waals surface area contributed by atoms with Crippen molar-refractivity contribution in [1.82, 2.24) is 15.1 Å². The topological polar surface area (TPSA) is 73.2 Å². The van der Waals surface area contributed by atoms with E-state index in [1.165, 1.54) is 17.9 Å². The van der Waals surface area contributed by atoms with Crippen LogP contribution in [-0.4, -0.2) is 28.8 Å². The Labute approximate surface area is 184 Å². The second-order valence-corrected chi connectivity index (χ2v) is 7.73. The molecule has 31 heavy (non-hydrogen) atoms. The molecule has 1 atom stereocenters. The molecular formula is C23H21ClFN3O3. The molecule has 1 N–H and O–H groups in total. The number of benzene rings is 2. The standard InChI is InChI=1S/C23H21ClFN3O3/c1-31-21(29)13-18(14-7-2-3-9-16(14)24)26-23(30)22-15-8-6-12-19(15)28(27-22)20-11-5-4-10-17(20)25/h2-5,7,9-11,18H,6,8,12-13H2,1H3,(H,26,30). The lowest BCUT2D eigenvalue weighted by molar-refractivity contribution is -0.141. The molecule has 1 aliphatic carbocycles. The van der Waals surface area contributed by atoms with Crippen LogP contribution in [0.3, 0.4) is 0 Å². The number of nitrogens with zero attached hydrogens (tertiary/aromatic N) is 2. The number of carbonyl (C=O) groups excluding carboxylic acids is 2. The van der Waals surface area contributed by atoms with Crippen LogP contribution in [0, 0.1) is 5.82 Å². The maximum absolute atomic E-state index is 14.4. The van der Waals surface area contributed by atoms with E-state index in [1.54, 1.807) is 42.5 Å². The van der Waals surface area contributed by atoms with E-state index in [9.17, 15) is 14.0 Å². The van der Waals surface area contributed by atoms with Crippen molar-refractivity contribution in [3.8, 4) is 5.69 Å². The summed E-state index contributed by atoms with van der Waals surface area (Å²) in [5.74, 6) is -1.33. The van der Waals surface area contributed by atoms with Crippen molar-refractivity contribution >= 4 is 23.5 Å². The number of methoxy groups -OCH3 is 1. The smallest absolute Gasteiger partial charge is 0.307 e. The molecule has 0 saturated carbocycles. The average Bonchev–Trinajstić information content (AvgIpc) is 3.37. The Morgan fingerprint density at radius 2 is 1.94 bits per heavy atom. The first kappa shape index (κ1) is 21.1. The lowest BCUT2D eigenvalue weighted by Crippen LogP contribution is -2.31. The fourth-order valence-electron chi connectivity index (χ4n) is 3.92. The molecule has 0 saturated heterocycles. The van der Waals surface area contributed by atoms with Crippen LogP contribution < -0.4 is 5.32 Å². The van der Waals surface area contributed by atoms with Gasteiger partial charge in [0.25, 0.3) is 5.91 Å². The van der Waals surface area contributed by atoms with Gasteiger partial charge < -0.3 is 10.1 Å². The van der Waals surface area contributed by atoms with Crippen LogP contribution in [0.5, 0.6) is 0 Å². The Balaban J connectivity index is 1.69. The molecule has 6 nitrogen and oxygen atoms in total. The normalized spacial score (nSPS) is 13.5.